The summed E-state index contributed by atoms with van der Waals surface area (Å²) >= 11 is 0. The lowest BCUT2D eigenvalue weighted by Crippen LogP contribution is -2.20. The molecule has 0 radical (unpaired) electrons. The molecule has 0 saturated carbocycles. The normalized spacial score (nSPS) is 15.8. The summed E-state index contributed by atoms with van der Waals surface area (Å²) in [5.74, 6) is -0.0813. The van der Waals surface area contributed by atoms with Gasteiger partial charge in [0.2, 0.25) is 0 Å². The minimum absolute atomic E-state index is 0.0288. The lowest BCUT2D eigenvalue weighted by molar-refractivity contribution is -0.274. The zero-order valence-electron chi connectivity index (χ0n) is 12.2. The Balaban J connectivity index is 2.79. The molecule has 0 aliphatic heterocycles. The van der Waals surface area contributed by atoms with Gasteiger partial charge in [0, 0.05) is 0 Å². The summed E-state index contributed by atoms with van der Waals surface area (Å²) in [4.78, 5) is 0. The summed E-state index contributed by atoms with van der Waals surface area (Å²) in [6, 6.07) is 5.50. The zero-order valence-corrected chi connectivity index (χ0v) is 12.2. The molecule has 1 aromatic carbocycles. The second-order valence-electron chi connectivity index (χ2n) is 6.14. The molecule has 0 amide bonds. The molecule has 0 aromatic heterocycles. The topological polar surface area (TPSA) is 29.5 Å². The molecule has 0 heterocycles. The smallest absolute Gasteiger partial charge is 0.406 e. The van der Waals surface area contributed by atoms with Gasteiger partial charge in [0.15, 0.2) is 0 Å². The van der Waals surface area contributed by atoms with Gasteiger partial charge in [-0.15, -0.1) is 13.2 Å². The third-order valence-corrected chi connectivity index (χ3v) is 3.53. The van der Waals surface area contributed by atoms with Gasteiger partial charge in [0.25, 0.3) is 0 Å². The molecule has 2 unspecified atom stereocenters. The molecule has 2 nitrogen and oxygen atoms in total. The van der Waals surface area contributed by atoms with E-state index in [2.05, 4.69) is 25.5 Å². The Morgan fingerprint density at radius 2 is 1.80 bits per heavy atom. The van der Waals surface area contributed by atoms with Gasteiger partial charge in [0.05, 0.1) is 6.10 Å². The number of alkyl halides is 3. The first-order chi connectivity index (χ1) is 8.99. The lowest BCUT2D eigenvalue weighted by Gasteiger charge is -2.29. The van der Waals surface area contributed by atoms with Crippen LogP contribution in [-0.4, -0.2) is 11.5 Å². The van der Waals surface area contributed by atoms with Crippen molar-refractivity contribution in [2.75, 3.05) is 0 Å². The highest BCUT2D eigenvalue weighted by Gasteiger charge is 2.31. The molecule has 5 heteroatoms. The highest BCUT2D eigenvalue weighted by molar-refractivity contribution is 5.30. The Kier molecular flexibility index (Phi) is 5.08. The number of benzene rings is 1. The number of hydrogen-bond acceptors (Lipinski definition) is 2. The maximum atomic E-state index is 12.2. The number of rotatable bonds is 4. The summed E-state index contributed by atoms with van der Waals surface area (Å²) in [5.41, 5.74) is 0.462. The van der Waals surface area contributed by atoms with Gasteiger partial charge in [-0.2, -0.15) is 0 Å². The van der Waals surface area contributed by atoms with Crippen molar-refractivity contribution in [3.05, 3.63) is 29.8 Å². The molecule has 0 saturated heterocycles. The van der Waals surface area contributed by atoms with E-state index < -0.39 is 12.5 Å². The second-order valence-corrected chi connectivity index (χ2v) is 6.14. The Morgan fingerprint density at radius 3 is 2.30 bits per heavy atom. The van der Waals surface area contributed by atoms with Gasteiger partial charge in [-0.05, 0) is 35.4 Å². The van der Waals surface area contributed by atoms with Gasteiger partial charge in [0.1, 0.15) is 5.75 Å². The molecule has 1 rings (SSSR count). The summed E-state index contributed by atoms with van der Waals surface area (Å²) in [6.07, 6.45) is -5.04. The van der Waals surface area contributed by atoms with Gasteiger partial charge < -0.3 is 9.84 Å². The van der Waals surface area contributed by atoms with Gasteiger partial charge in [-0.3, -0.25) is 0 Å². The molecule has 1 aromatic rings. The Labute approximate surface area is 117 Å². The minimum atomic E-state index is -4.72. The Morgan fingerprint density at radius 1 is 1.20 bits per heavy atom. The SMILES string of the molecule is CC(CC(O)c1cccc(OC(F)(F)F)c1)C(C)(C)C. The predicted octanol–water partition coefficient (Wildman–Crippen LogP) is 4.69. The third-order valence-electron chi connectivity index (χ3n) is 3.53. The average Bonchev–Trinajstić information content (AvgIpc) is 2.25. The maximum absolute atomic E-state index is 12.2. The minimum Gasteiger partial charge on any atom is -0.406 e. The van der Waals surface area contributed by atoms with Crippen molar-refractivity contribution in [3.8, 4) is 5.75 Å². The summed E-state index contributed by atoms with van der Waals surface area (Å²) < 4.78 is 40.3. The van der Waals surface area contributed by atoms with Crippen LogP contribution in [0.1, 0.15) is 45.8 Å². The van der Waals surface area contributed by atoms with Crippen molar-refractivity contribution in [2.24, 2.45) is 11.3 Å². The van der Waals surface area contributed by atoms with Crippen LogP contribution in [0.3, 0.4) is 0 Å². The van der Waals surface area contributed by atoms with E-state index in [-0.39, 0.29) is 17.1 Å². The molecular weight excluding hydrogens is 269 g/mol. The van der Waals surface area contributed by atoms with E-state index in [4.69, 9.17) is 0 Å². The van der Waals surface area contributed by atoms with Crippen molar-refractivity contribution < 1.29 is 23.0 Å². The van der Waals surface area contributed by atoms with E-state index in [1.807, 2.05) is 6.92 Å². The largest absolute Gasteiger partial charge is 0.573 e. The fourth-order valence-corrected chi connectivity index (χ4v) is 1.74. The molecular formula is C15H21F3O2. The van der Waals surface area contributed by atoms with Crippen LogP contribution in [0.2, 0.25) is 0 Å². The molecule has 0 spiro atoms. The fourth-order valence-electron chi connectivity index (χ4n) is 1.74. The van der Waals surface area contributed by atoms with Crippen LogP contribution in [0.15, 0.2) is 24.3 Å². The van der Waals surface area contributed by atoms with Gasteiger partial charge in [-0.1, -0.05) is 39.8 Å². The number of aliphatic hydroxyl groups excluding tert-OH is 1. The zero-order chi connectivity index (χ0) is 15.6. The van der Waals surface area contributed by atoms with Gasteiger partial charge >= 0.3 is 6.36 Å². The third kappa shape index (κ3) is 5.41. The summed E-state index contributed by atoms with van der Waals surface area (Å²) in [6.45, 7) is 8.20. The molecule has 2 atom stereocenters. The highest BCUT2D eigenvalue weighted by Crippen LogP contribution is 2.34. The van der Waals surface area contributed by atoms with Crippen LogP contribution >= 0.6 is 0 Å². The van der Waals surface area contributed by atoms with Crippen molar-refractivity contribution in [2.45, 2.75) is 46.6 Å². The Hall–Kier alpha value is -1.23. The maximum Gasteiger partial charge on any atom is 0.573 e. The van der Waals surface area contributed by atoms with E-state index in [9.17, 15) is 18.3 Å². The fraction of sp³-hybridized carbons (Fsp3) is 0.600. The van der Waals surface area contributed by atoms with Crippen molar-refractivity contribution >= 4 is 0 Å². The first-order valence-electron chi connectivity index (χ1n) is 6.53. The molecule has 0 aliphatic carbocycles. The molecule has 0 fully saturated rings. The standard InChI is InChI=1S/C15H21F3O2/c1-10(14(2,3)4)8-13(19)11-6-5-7-12(9-11)20-15(16,17)18/h5-7,9-10,13,19H,8H2,1-4H3. The van der Waals surface area contributed by atoms with Crippen molar-refractivity contribution in [1.29, 1.82) is 0 Å². The number of aliphatic hydroxyl groups is 1. The number of halogens is 3. The van der Waals surface area contributed by atoms with E-state index in [1.54, 1.807) is 6.07 Å². The summed E-state index contributed by atoms with van der Waals surface area (Å²) in [7, 11) is 0. The summed E-state index contributed by atoms with van der Waals surface area (Å²) in [5, 5.41) is 10.1. The van der Waals surface area contributed by atoms with Crippen LogP contribution in [-0.2, 0) is 0 Å². The van der Waals surface area contributed by atoms with Gasteiger partial charge in [-0.25, -0.2) is 0 Å². The molecule has 1 N–H and O–H groups in total. The lowest BCUT2D eigenvalue weighted by atomic mass is 9.78. The molecule has 20 heavy (non-hydrogen) atoms. The van der Waals surface area contributed by atoms with E-state index in [1.165, 1.54) is 18.2 Å². The van der Waals surface area contributed by atoms with E-state index >= 15 is 0 Å². The van der Waals surface area contributed by atoms with E-state index in [0.717, 1.165) is 0 Å². The first-order valence-corrected chi connectivity index (χ1v) is 6.53. The van der Waals surface area contributed by atoms with Crippen LogP contribution in [0.5, 0.6) is 5.75 Å². The quantitative estimate of drug-likeness (QED) is 0.871. The highest BCUT2D eigenvalue weighted by atomic mass is 19.4. The average molecular weight is 290 g/mol. The van der Waals surface area contributed by atoms with Crippen molar-refractivity contribution in [3.63, 3.8) is 0 Å². The molecule has 0 aliphatic rings. The predicted molar refractivity (Wildman–Crippen MR) is 71.3 cm³/mol. The molecule has 0 bridgehead atoms. The van der Waals surface area contributed by atoms with E-state index in [0.29, 0.717) is 12.0 Å². The molecule has 114 valence electrons. The van der Waals surface area contributed by atoms with Crippen LogP contribution < -0.4 is 4.74 Å². The Bertz CT molecular complexity index is 435. The second kappa shape index (κ2) is 6.04. The number of ether oxygens (including phenoxy) is 1. The first kappa shape index (κ1) is 16.8. The van der Waals surface area contributed by atoms with Crippen LogP contribution in [0.4, 0.5) is 13.2 Å². The van der Waals surface area contributed by atoms with Crippen LogP contribution in [0, 0.1) is 11.3 Å². The van der Waals surface area contributed by atoms with Crippen LogP contribution in [0.25, 0.3) is 0 Å². The number of hydrogen-bond donors (Lipinski definition) is 1. The monoisotopic (exact) mass is 290 g/mol. The van der Waals surface area contributed by atoms with Crippen molar-refractivity contribution in [1.82, 2.24) is 0 Å².